The quantitative estimate of drug-likeness (QED) is 0.683. The van der Waals surface area contributed by atoms with Gasteiger partial charge in [0.05, 0.1) is 18.5 Å². The van der Waals surface area contributed by atoms with Crippen molar-refractivity contribution >= 4 is 19.2 Å². The minimum atomic E-state index is -1.79. The molecule has 0 aliphatic carbocycles. The van der Waals surface area contributed by atoms with Crippen LogP contribution in [0.1, 0.15) is 34.1 Å². The molecule has 0 radical (unpaired) electrons. The molecule has 1 unspecified atom stereocenters. The molecule has 0 aromatic rings. The zero-order valence-electron chi connectivity index (χ0n) is 10.4. The monoisotopic (exact) mass is 248 g/mol. The van der Waals surface area contributed by atoms with Crippen molar-refractivity contribution < 1.29 is 19.8 Å². The van der Waals surface area contributed by atoms with Crippen molar-refractivity contribution in [3.05, 3.63) is 0 Å². The third kappa shape index (κ3) is 2.54. The first kappa shape index (κ1) is 15.4. The fourth-order valence-corrected chi connectivity index (χ4v) is 6.75. The lowest BCUT2D eigenvalue weighted by molar-refractivity contribution is -0.306. The van der Waals surface area contributed by atoms with Gasteiger partial charge in [-0.15, -0.1) is 0 Å². The van der Waals surface area contributed by atoms with Gasteiger partial charge in [0.25, 0.3) is 0 Å². The van der Waals surface area contributed by atoms with Crippen LogP contribution in [0, 0.1) is 0 Å². The van der Waals surface area contributed by atoms with Crippen molar-refractivity contribution in [2.45, 2.75) is 39.3 Å². The number of carbonyl (C=O) groups excluding carboxylic acids is 1. The van der Waals surface area contributed by atoms with Gasteiger partial charge in [0.2, 0.25) is 0 Å². The highest BCUT2D eigenvalue weighted by Gasteiger charge is 2.56. The normalized spacial score (nSPS) is 15.5. The van der Waals surface area contributed by atoms with E-state index in [1.54, 1.807) is 6.92 Å². The summed E-state index contributed by atoms with van der Waals surface area (Å²) in [5.74, 6) is -2.28. The first-order chi connectivity index (χ1) is 7.29. The highest BCUT2D eigenvalue weighted by atomic mass is 31.2. The lowest BCUT2D eigenvalue weighted by Crippen LogP contribution is -2.45. The molecule has 0 aliphatic heterocycles. The molecule has 0 aliphatic rings. The van der Waals surface area contributed by atoms with Crippen LogP contribution in [0.15, 0.2) is 0 Å². The van der Waals surface area contributed by atoms with Crippen LogP contribution in [-0.4, -0.2) is 40.7 Å². The third-order valence-corrected chi connectivity index (χ3v) is 9.89. The summed E-state index contributed by atoms with van der Waals surface area (Å²) in [7, 11) is -1.79. The Morgan fingerprint density at radius 1 is 1.19 bits per heavy atom. The Morgan fingerprint density at radius 2 is 1.56 bits per heavy atom. The molecule has 0 spiro atoms. The van der Waals surface area contributed by atoms with Crippen molar-refractivity contribution in [2.24, 2.45) is 0 Å². The highest BCUT2D eigenvalue weighted by molar-refractivity contribution is 7.78. The number of carboxylic acids is 2. The van der Waals surface area contributed by atoms with Gasteiger partial charge in [-0.1, -0.05) is 0 Å². The van der Waals surface area contributed by atoms with Crippen LogP contribution in [0.5, 0.6) is 0 Å². The van der Waals surface area contributed by atoms with Gasteiger partial charge in [-0.2, -0.15) is 0 Å². The maximum absolute atomic E-state index is 11.4. The second-order valence-electron chi connectivity index (χ2n) is 4.22. The molecule has 0 heterocycles. The van der Waals surface area contributed by atoms with E-state index in [0.717, 1.165) is 18.5 Å². The van der Waals surface area contributed by atoms with Gasteiger partial charge in [-0.05, 0) is 27.7 Å². The molecule has 0 fully saturated rings. The third-order valence-electron chi connectivity index (χ3n) is 3.81. The summed E-state index contributed by atoms with van der Waals surface area (Å²) in [6.07, 6.45) is 1.90. The van der Waals surface area contributed by atoms with E-state index in [9.17, 15) is 19.8 Å². The smallest absolute Gasteiger partial charge is 0.347 e. The van der Waals surface area contributed by atoms with E-state index in [-0.39, 0.29) is 6.42 Å². The van der Waals surface area contributed by atoms with E-state index in [1.165, 1.54) is 0 Å². The van der Waals surface area contributed by atoms with Crippen molar-refractivity contribution in [3.63, 3.8) is 0 Å². The van der Waals surface area contributed by atoms with E-state index in [0.29, 0.717) is 0 Å². The Bertz CT molecular complexity index is 265. The SMILES string of the molecule is CC[P+](CC)(CC)C(C)(CC(=O)[O-])C(=O)O. The number of carbonyl (C=O) groups is 2. The molecule has 0 aromatic carbocycles. The van der Waals surface area contributed by atoms with Crippen LogP contribution < -0.4 is 5.11 Å². The largest absolute Gasteiger partial charge is 0.550 e. The van der Waals surface area contributed by atoms with E-state index >= 15 is 0 Å². The van der Waals surface area contributed by atoms with E-state index in [1.807, 2.05) is 20.8 Å². The highest BCUT2D eigenvalue weighted by Crippen LogP contribution is 2.69. The van der Waals surface area contributed by atoms with E-state index in [4.69, 9.17) is 0 Å². The van der Waals surface area contributed by atoms with Gasteiger partial charge >= 0.3 is 5.97 Å². The van der Waals surface area contributed by atoms with Crippen LogP contribution in [0.2, 0.25) is 0 Å². The van der Waals surface area contributed by atoms with Crippen molar-refractivity contribution in [1.29, 1.82) is 0 Å². The molecule has 1 N–H and O–H groups in total. The summed E-state index contributed by atoms with van der Waals surface area (Å²) in [5, 5.41) is 19.0. The summed E-state index contributed by atoms with van der Waals surface area (Å²) in [6.45, 7) is 7.43. The Balaban J connectivity index is 5.45. The van der Waals surface area contributed by atoms with Crippen molar-refractivity contribution in [2.75, 3.05) is 18.5 Å². The number of hydrogen-bond donors (Lipinski definition) is 1. The Morgan fingerprint density at radius 3 is 1.75 bits per heavy atom. The standard InChI is InChI=1S/C11H21O4P/c1-5-16(6-2,7-3)11(4,10(14)15)8-9(12)13/h5-8H2,1-4H3,(H-,12,13,14,15). The average molecular weight is 248 g/mol. The summed E-state index contributed by atoms with van der Waals surface area (Å²) in [6, 6.07) is 0. The summed E-state index contributed by atoms with van der Waals surface area (Å²) >= 11 is 0. The molecule has 1 atom stereocenters. The molecule has 4 nitrogen and oxygen atoms in total. The van der Waals surface area contributed by atoms with Gasteiger partial charge < -0.3 is 15.0 Å². The molecule has 0 aromatic heterocycles. The number of aliphatic carboxylic acids is 2. The fraction of sp³-hybridized carbons (Fsp3) is 0.818. The van der Waals surface area contributed by atoms with Crippen LogP contribution in [0.3, 0.4) is 0 Å². The maximum Gasteiger partial charge on any atom is 0.347 e. The van der Waals surface area contributed by atoms with Gasteiger partial charge in [0.1, 0.15) is 0 Å². The lowest BCUT2D eigenvalue weighted by atomic mass is 10.1. The first-order valence-corrected chi connectivity index (χ1v) is 7.93. The lowest BCUT2D eigenvalue weighted by Gasteiger charge is -2.38. The Kier molecular flexibility index (Phi) is 5.40. The zero-order chi connectivity index (χ0) is 13.0. The molecule has 0 saturated carbocycles. The predicted octanol–water partition coefficient (Wildman–Crippen LogP) is 1.05. The summed E-state index contributed by atoms with van der Waals surface area (Å²) in [5.41, 5.74) is 0. The fourth-order valence-electron chi connectivity index (χ4n) is 2.45. The molecule has 16 heavy (non-hydrogen) atoms. The van der Waals surface area contributed by atoms with Crippen molar-refractivity contribution in [3.8, 4) is 0 Å². The number of hydrogen-bond acceptors (Lipinski definition) is 3. The number of rotatable bonds is 7. The maximum atomic E-state index is 11.4. The Labute approximate surface area is 97.4 Å². The summed E-state index contributed by atoms with van der Waals surface area (Å²) in [4.78, 5) is 22.2. The molecule has 0 rings (SSSR count). The summed E-state index contributed by atoms with van der Waals surface area (Å²) < 4.78 is 0. The van der Waals surface area contributed by atoms with E-state index < -0.39 is 24.4 Å². The van der Waals surface area contributed by atoms with Gasteiger partial charge in [0, 0.05) is 19.7 Å². The van der Waals surface area contributed by atoms with Crippen LogP contribution in [0.25, 0.3) is 0 Å². The molecule has 94 valence electrons. The second kappa shape index (κ2) is 5.62. The first-order valence-electron chi connectivity index (χ1n) is 5.59. The molecule has 5 heteroatoms. The number of carboxylic acid groups (broad SMARTS) is 2. The topological polar surface area (TPSA) is 77.4 Å². The van der Waals surface area contributed by atoms with E-state index in [2.05, 4.69) is 0 Å². The second-order valence-corrected chi connectivity index (χ2v) is 9.40. The minimum Gasteiger partial charge on any atom is -0.550 e. The van der Waals surface area contributed by atoms with Crippen LogP contribution in [0.4, 0.5) is 0 Å². The van der Waals surface area contributed by atoms with Crippen LogP contribution >= 0.6 is 7.26 Å². The molecule has 0 saturated heterocycles. The zero-order valence-corrected chi connectivity index (χ0v) is 11.3. The predicted molar refractivity (Wildman–Crippen MR) is 64.2 cm³/mol. The molecular weight excluding hydrogens is 227 g/mol. The van der Waals surface area contributed by atoms with Gasteiger partial charge in [0.15, 0.2) is 5.16 Å². The molecular formula is C11H21O4P. The molecule has 0 amide bonds. The average Bonchev–Trinajstić information content (AvgIpc) is 2.19. The van der Waals surface area contributed by atoms with Crippen LogP contribution in [-0.2, 0) is 9.59 Å². The van der Waals surface area contributed by atoms with Gasteiger partial charge in [-0.3, -0.25) is 0 Å². The minimum absolute atomic E-state index is 0.383. The molecule has 0 bridgehead atoms. The van der Waals surface area contributed by atoms with Gasteiger partial charge in [-0.25, -0.2) is 4.79 Å². The van der Waals surface area contributed by atoms with Crippen molar-refractivity contribution in [1.82, 2.24) is 0 Å². The Hall–Kier alpha value is -0.630.